The summed E-state index contributed by atoms with van der Waals surface area (Å²) in [5.41, 5.74) is 6.56. The van der Waals surface area contributed by atoms with Gasteiger partial charge in [-0.25, -0.2) is 0 Å². The number of rotatable bonds is 11. The molecule has 1 aromatic carbocycles. The third-order valence-electron chi connectivity index (χ3n) is 2.54. The maximum atomic E-state index is 5.92. The van der Waals surface area contributed by atoms with Crippen molar-refractivity contribution in [3.8, 4) is 5.75 Å². The summed E-state index contributed by atoms with van der Waals surface area (Å²) in [6.45, 7) is 3.62. The molecule has 0 fully saturated rings. The van der Waals surface area contributed by atoms with Gasteiger partial charge in [0.2, 0.25) is 0 Å². The molecule has 0 aliphatic heterocycles. The van der Waals surface area contributed by atoms with Gasteiger partial charge < -0.3 is 24.7 Å². The van der Waals surface area contributed by atoms with Crippen molar-refractivity contribution in [2.45, 2.75) is 6.54 Å². The lowest BCUT2D eigenvalue weighted by Gasteiger charge is -2.11. The number of benzene rings is 1. The standard InChI is InChI=1S/C14H22ClNO4/c1-17-4-5-18-6-7-19-8-9-20-14-10-13(15)3-2-12(14)11-16/h2-3,10H,4-9,11,16H2,1H3. The Labute approximate surface area is 124 Å². The lowest BCUT2D eigenvalue weighted by molar-refractivity contribution is 0.0179. The van der Waals surface area contributed by atoms with Crippen molar-refractivity contribution in [2.75, 3.05) is 46.8 Å². The van der Waals surface area contributed by atoms with E-state index in [1.54, 1.807) is 19.2 Å². The molecule has 0 radical (unpaired) electrons. The Morgan fingerprint density at radius 3 is 2.30 bits per heavy atom. The normalized spacial score (nSPS) is 10.8. The molecular weight excluding hydrogens is 282 g/mol. The van der Waals surface area contributed by atoms with Gasteiger partial charge in [-0.2, -0.15) is 0 Å². The number of nitrogens with two attached hydrogens (primary N) is 1. The van der Waals surface area contributed by atoms with E-state index in [9.17, 15) is 0 Å². The Kier molecular flexibility index (Phi) is 9.36. The van der Waals surface area contributed by atoms with Crippen LogP contribution >= 0.6 is 11.6 Å². The number of methoxy groups -OCH3 is 1. The predicted molar refractivity (Wildman–Crippen MR) is 78.4 cm³/mol. The SMILES string of the molecule is COCCOCCOCCOc1cc(Cl)ccc1CN. The monoisotopic (exact) mass is 303 g/mol. The van der Waals surface area contributed by atoms with Gasteiger partial charge in [-0.05, 0) is 12.1 Å². The molecule has 0 bridgehead atoms. The lowest BCUT2D eigenvalue weighted by atomic mass is 10.2. The smallest absolute Gasteiger partial charge is 0.125 e. The molecule has 0 aliphatic rings. The van der Waals surface area contributed by atoms with E-state index >= 15 is 0 Å². The van der Waals surface area contributed by atoms with Crippen molar-refractivity contribution in [3.05, 3.63) is 28.8 Å². The summed E-state index contributed by atoms with van der Waals surface area (Å²) in [5.74, 6) is 0.708. The molecule has 1 aromatic rings. The van der Waals surface area contributed by atoms with Crippen LogP contribution in [0.1, 0.15) is 5.56 Å². The summed E-state index contributed by atoms with van der Waals surface area (Å²) in [7, 11) is 1.64. The van der Waals surface area contributed by atoms with Crippen molar-refractivity contribution in [1.29, 1.82) is 0 Å². The number of hydrogen-bond donors (Lipinski definition) is 1. The molecule has 2 N–H and O–H groups in total. The first-order valence-electron chi connectivity index (χ1n) is 6.53. The van der Waals surface area contributed by atoms with Gasteiger partial charge in [-0.3, -0.25) is 0 Å². The first-order valence-corrected chi connectivity index (χ1v) is 6.91. The van der Waals surface area contributed by atoms with Crippen LogP contribution in [0.5, 0.6) is 5.75 Å². The zero-order chi connectivity index (χ0) is 14.6. The zero-order valence-corrected chi connectivity index (χ0v) is 12.5. The first-order chi connectivity index (χ1) is 9.77. The minimum atomic E-state index is 0.417. The Bertz CT molecular complexity index is 376. The largest absolute Gasteiger partial charge is 0.491 e. The summed E-state index contributed by atoms with van der Waals surface area (Å²) < 4.78 is 21.1. The Morgan fingerprint density at radius 2 is 1.65 bits per heavy atom. The minimum Gasteiger partial charge on any atom is -0.491 e. The topological polar surface area (TPSA) is 62.9 Å². The van der Waals surface area contributed by atoms with Crippen LogP contribution in [0.4, 0.5) is 0 Å². The van der Waals surface area contributed by atoms with Crippen molar-refractivity contribution in [3.63, 3.8) is 0 Å². The average Bonchev–Trinajstić information content (AvgIpc) is 2.46. The fourth-order valence-corrected chi connectivity index (χ4v) is 1.67. The number of halogens is 1. The molecule has 20 heavy (non-hydrogen) atoms. The fraction of sp³-hybridized carbons (Fsp3) is 0.571. The Morgan fingerprint density at radius 1 is 1.00 bits per heavy atom. The van der Waals surface area contributed by atoms with E-state index in [1.165, 1.54) is 0 Å². The highest BCUT2D eigenvalue weighted by molar-refractivity contribution is 6.30. The molecule has 114 valence electrons. The van der Waals surface area contributed by atoms with Crippen LogP contribution in [0.2, 0.25) is 5.02 Å². The molecule has 1 rings (SSSR count). The van der Waals surface area contributed by atoms with Gasteiger partial charge in [-0.1, -0.05) is 17.7 Å². The van der Waals surface area contributed by atoms with E-state index in [1.807, 2.05) is 6.07 Å². The molecule has 0 atom stereocenters. The van der Waals surface area contributed by atoms with E-state index in [2.05, 4.69) is 0 Å². The summed E-state index contributed by atoms with van der Waals surface area (Å²) in [6.07, 6.45) is 0. The van der Waals surface area contributed by atoms with E-state index in [0.717, 1.165) is 5.56 Å². The van der Waals surface area contributed by atoms with Crippen molar-refractivity contribution < 1.29 is 18.9 Å². The van der Waals surface area contributed by atoms with Gasteiger partial charge in [0, 0.05) is 24.2 Å². The van der Waals surface area contributed by atoms with Crippen molar-refractivity contribution >= 4 is 11.6 Å². The lowest BCUT2D eigenvalue weighted by Crippen LogP contribution is -2.13. The maximum absolute atomic E-state index is 5.92. The molecule has 0 aromatic heterocycles. The molecule has 0 heterocycles. The number of ether oxygens (including phenoxy) is 4. The fourth-order valence-electron chi connectivity index (χ4n) is 1.51. The summed E-state index contributed by atoms with van der Waals surface area (Å²) in [6, 6.07) is 5.42. The molecule has 0 amide bonds. The van der Waals surface area contributed by atoms with Gasteiger partial charge in [0.15, 0.2) is 0 Å². The van der Waals surface area contributed by atoms with Gasteiger partial charge in [0.25, 0.3) is 0 Å². The van der Waals surface area contributed by atoms with Gasteiger partial charge >= 0.3 is 0 Å². The maximum Gasteiger partial charge on any atom is 0.125 e. The second-order valence-corrected chi connectivity index (χ2v) is 4.46. The molecule has 0 spiro atoms. The molecule has 0 saturated carbocycles. The van der Waals surface area contributed by atoms with Gasteiger partial charge in [0.05, 0.1) is 33.0 Å². The minimum absolute atomic E-state index is 0.417. The highest BCUT2D eigenvalue weighted by atomic mass is 35.5. The predicted octanol–water partition coefficient (Wildman–Crippen LogP) is 1.86. The van der Waals surface area contributed by atoms with Crippen LogP contribution in [-0.2, 0) is 20.8 Å². The van der Waals surface area contributed by atoms with Gasteiger partial charge in [-0.15, -0.1) is 0 Å². The third kappa shape index (κ3) is 7.07. The highest BCUT2D eigenvalue weighted by Gasteiger charge is 2.03. The second-order valence-electron chi connectivity index (χ2n) is 4.02. The molecule has 0 unspecified atom stereocenters. The molecular formula is C14H22ClNO4. The van der Waals surface area contributed by atoms with Crippen molar-refractivity contribution in [2.24, 2.45) is 5.73 Å². The van der Waals surface area contributed by atoms with Crippen LogP contribution in [0, 0.1) is 0 Å². The quantitative estimate of drug-likeness (QED) is 0.632. The van der Waals surface area contributed by atoms with Crippen LogP contribution in [0.3, 0.4) is 0 Å². The van der Waals surface area contributed by atoms with Crippen LogP contribution in [-0.4, -0.2) is 46.8 Å². The summed E-state index contributed by atoms with van der Waals surface area (Å²) in [5, 5.41) is 0.629. The molecule has 6 heteroatoms. The van der Waals surface area contributed by atoms with Crippen LogP contribution < -0.4 is 10.5 Å². The van der Waals surface area contributed by atoms with E-state index in [4.69, 9.17) is 36.3 Å². The second kappa shape index (κ2) is 10.9. The van der Waals surface area contributed by atoms with Gasteiger partial charge in [0.1, 0.15) is 12.4 Å². The third-order valence-corrected chi connectivity index (χ3v) is 2.77. The summed E-state index contributed by atoms with van der Waals surface area (Å²) in [4.78, 5) is 0. The summed E-state index contributed by atoms with van der Waals surface area (Å²) >= 11 is 5.92. The van der Waals surface area contributed by atoms with Crippen molar-refractivity contribution in [1.82, 2.24) is 0 Å². The van der Waals surface area contributed by atoms with E-state index in [-0.39, 0.29) is 0 Å². The van der Waals surface area contributed by atoms with E-state index in [0.29, 0.717) is 57.0 Å². The molecule has 5 nitrogen and oxygen atoms in total. The van der Waals surface area contributed by atoms with Crippen LogP contribution in [0.25, 0.3) is 0 Å². The zero-order valence-electron chi connectivity index (χ0n) is 11.8. The first kappa shape index (κ1) is 17.2. The highest BCUT2D eigenvalue weighted by Crippen LogP contribution is 2.22. The van der Waals surface area contributed by atoms with Crippen LogP contribution in [0.15, 0.2) is 18.2 Å². The average molecular weight is 304 g/mol. The molecule has 0 saturated heterocycles. The Balaban J connectivity index is 2.10. The number of hydrogen-bond acceptors (Lipinski definition) is 5. The van der Waals surface area contributed by atoms with E-state index < -0.39 is 0 Å². The Hall–Kier alpha value is -0.850. The molecule has 0 aliphatic carbocycles.